The van der Waals surface area contributed by atoms with E-state index >= 15 is 0 Å². The van der Waals surface area contributed by atoms with Crippen LogP contribution in [0.4, 0.5) is 0 Å². The Morgan fingerprint density at radius 1 is 0.700 bits per heavy atom. The van der Waals surface area contributed by atoms with Gasteiger partial charge >= 0.3 is 0 Å². The normalized spacial score (nSPS) is 14.4. The van der Waals surface area contributed by atoms with E-state index in [1.54, 1.807) is 0 Å². The first-order chi connectivity index (χ1) is 14.5. The highest BCUT2D eigenvalue weighted by Crippen LogP contribution is 2.23. The summed E-state index contributed by atoms with van der Waals surface area (Å²) >= 11 is 0. The Labute approximate surface area is 189 Å². The number of rotatable bonds is 22. The number of hydrogen-bond acceptors (Lipinski definition) is 2. The van der Waals surface area contributed by atoms with Crippen molar-refractivity contribution < 1.29 is 4.79 Å². The molecular weight excluding hydrogens is 368 g/mol. The summed E-state index contributed by atoms with van der Waals surface area (Å²) in [4.78, 5) is 12.5. The smallest absolute Gasteiger partial charge is 0.220 e. The van der Waals surface area contributed by atoms with Crippen molar-refractivity contribution >= 4 is 5.91 Å². The molecule has 0 aliphatic rings. The molecule has 1 amide bonds. The highest BCUT2D eigenvalue weighted by molar-refractivity contribution is 5.76. The largest absolute Gasteiger partial charge is 0.352 e. The molecule has 0 spiro atoms. The lowest BCUT2D eigenvalue weighted by atomic mass is 9.81. The molecule has 0 aromatic rings. The van der Waals surface area contributed by atoms with Gasteiger partial charge in [0.05, 0.1) is 0 Å². The fourth-order valence-electron chi connectivity index (χ4n) is 4.54. The van der Waals surface area contributed by atoms with Gasteiger partial charge in [0.1, 0.15) is 0 Å². The van der Waals surface area contributed by atoms with Gasteiger partial charge in [0, 0.05) is 18.0 Å². The molecule has 0 heterocycles. The molecule has 0 radical (unpaired) electrons. The van der Waals surface area contributed by atoms with Crippen LogP contribution in [-0.4, -0.2) is 17.5 Å². The van der Waals surface area contributed by atoms with Gasteiger partial charge in [-0.15, -0.1) is 0 Å². The van der Waals surface area contributed by atoms with E-state index in [1.165, 1.54) is 77.0 Å². The molecule has 0 aromatic carbocycles. The second-order valence-corrected chi connectivity index (χ2v) is 9.59. The number of nitrogens with one attached hydrogen (secondary N) is 1. The second kappa shape index (κ2) is 20.3. The first-order valence-corrected chi connectivity index (χ1v) is 13.6. The molecule has 3 N–H and O–H groups in total. The molecule has 0 rings (SSSR count). The van der Waals surface area contributed by atoms with Gasteiger partial charge in [-0.25, -0.2) is 0 Å². The van der Waals surface area contributed by atoms with Crippen molar-refractivity contribution in [1.29, 1.82) is 0 Å². The van der Waals surface area contributed by atoms with Gasteiger partial charge in [-0.05, 0) is 25.7 Å². The lowest BCUT2D eigenvalue weighted by molar-refractivity contribution is -0.122. The van der Waals surface area contributed by atoms with Gasteiger partial charge in [-0.1, -0.05) is 124 Å². The maximum Gasteiger partial charge on any atom is 0.220 e. The minimum atomic E-state index is -0.254. The molecule has 0 fully saturated rings. The lowest BCUT2D eigenvalue weighted by Crippen LogP contribution is -2.58. The maximum atomic E-state index is 12.5. The summed E-state index contributed by atoms with van der Waals surface area (Å²) < 4.78 is 0. The third-order valence-electron chi connectivity index (χ3n) is 6.76. The van der Waals surface area contributed by atoms with Gasteiger partial charge in [0.2, 0.25) is 5.91 Å². The summed E-state index contributed by atoms with van der Waals surface area (Å²) in [5.41, 5.74) is 6.45. The average molecular weight is 425 g/mol. The highest BCUT2D eigenvalue weighted by atomic mass is 16.1. The minimum Gasteiger partial charge on any atom is -0.352 e. The molecule has 3 heteroatoms. The zero-order chi connectivity index (χ0) is 22.5. The molecule has 0 saturated heterocycles. The van der Waals surface area contributed by atoms with E-state index in [0.29, 0.717) is 6.42 Å². The van der Waals surface area contributed by atoms with Crippen LogP contribution in [0.3, 0.4) is 0 Å². The lowest BCUT2D eigenvalue weighted by Gasteiger charge is -2.37. The van der Waals surface area contributed by atoms with Gasteiger partial charge < -0.3 is 11.1 Å². The quantitative estimate of drug-likeness (QED) is 0.173. The molecule has 0 saturated carbocycles. The van der Waals surface area contributed by atoms with Gasteiger partial charge in [-0.3, -0.25) is 4.79 Å². The molecule has 2 unspecified atom stereocenters. The van der Waals surface area contributed by atoms with Crippen molar-refractivity contribution in [3.63, 3.8) is 0 Å². The average Bonchev–Trinajstić information content (AvgIpc) is 2.74. The van der Waals surface area contributed by atoms with E-state index in [2.05, 4.69) is 33.0 Å². The molecule has 0 aliphatic heterocycles. The fourth-order valence-corrected chi connectivity index (χ4v) is 4.54. The Balaban J connectivity index is 3.85. The summed E-state index contributed by atoms with van der Waals surface area (Å²) in [6, 6.07) is 0.122. The van der Waals surface area contributed by atoms with E-state index in [4.69, 9.17) is 5.73 Å². The van der Waals surface area contributed by atoms with Crippen LogP contribution in [0, 0.1) is 0 Å². The third-order valence-corrected chi connectivity index (χ3v) is 6.76. The SMILES string of the molecule is CCCCCCCCCCCCCCCC(=O)NC(CCCC)C(N)(CC)CCC. The zero-order valence-corrected chi connectivity index (χ0v) is 21.2. The monoisotopic (exact) mass is 424 g/mol. The van der Waals surface area contributed by atoms with Crippen LogP contribution in [0.5, 0.6) is 0 Å². The minimum absolute atomic E-state index is 0.122. The number of hydrogen-bond donors (Lipinski definition) is 2. The van der Waals surface area contributed by atoms with Gasteiger partial charge in [-0.2, -0.15) is 0 Å². The maximum absolute atomic E-state index is 12.5. The van der Waals surface area contributed by atoms with Crippen molar-refractivity contribution in [3.8, 4) is 0 Å². The first kappa shape index (κ1) is 29.4. The summed E-state index contributed by atoms with van der Waals surface area (Å²) in [5.74, 6) is 0.207. The van der Waals surface area contributed by atoms with Crippen molar-refractivity contribution in [2.24, 2.45) is 5.73 Å². The molecule has 0 aromatic heterocycles. The molecule has 2 atom stereocenters. The third kappa shape index (κ3) is 15.3. The number of carbonyl (C=O) groups excluding carboxylic acids is 1. The summed E-state index contributed by atoms with van der Waals surface area (Å²) in [5, 5.41) is 3.31. The molecule has 30 heavy (non-hydrogen) atoms. The molecule has 3 nitrogen and oxygen atoms in total. The molecule has 180 valence electrons. The zero-order valence-electron chi connectivity index (χ0n) is 21.2. The van der Waals surface area contributed by atoms with Crippen LogP contribution >= 0.6 is 0 Å². The van der Waals surface area contributed by atoms with Crippen LogP contribution in [0.15, 0.2) is 0 Å². The van der Waals surface area contributed by atoms with Crippen LogP contribution in [0.2, 0.25) is 0 Å². The Bertz CT molecular complexity index is 385. The molecule has 0 bridgehead atoms. The van der Waals surface area contributed by atoms with Gasteiger partial charge in [0.15, 0.2) is 0 Å². The van der Waals surface area contributed by atoms with E-state index in [1.807, 2.05) is 0 Å². The number of amides is 1. The Morgan fingerprint density at radius 2 is 1.17 bits per heavy atom. The Kier molecular flexibility index (Phi) is 20.0. The van der Waals surface area contributed by atoms with Crippen molar-refractivity contribution in [2.75, 3.05) is 0 Å². The number of unbranched alkanes of at least 4 members (excludes halogenated alkanes) is 13. The summed E-state index contributed by atoms with van der Waals surface area (Å²) in [6.45, 7) is 8.83. The topological polar surface area (TPSA) is 55.1 Å². The van der Waals surface area contributed by atoms with E-state index in [9.17, 15) is 4.79 Å². The highest BCUT2D eigenvalue weighted by Gasteiger charge is 2.32. The van der Waals surface area contributed by atoms with E-state index in [0.717, 1.165) is 44.9 Å². The summed E-state index contributed by atoms with van der Waals surface area (Å²) in [6.07, 6.45) is 24.3. The predicted octanol–water partition coefficient (Wildman–Crippen LogP) is 8.05. The first-order valence-electron chi connectivity index (χ1n) is 13.6. The van der Waals surface area contributed by atoms with Crippen LogP contribution in [0.1, 0.15) is 156 Å². The predicted molar refractivity (Wildman–Crippen MR) is 134 cm³/mol. The van der Waals surface area contributed by atoms with Crippen molar-refractivity contribution in [2.45, 2.75) is 168 Å². The second-order valence-electron chi connectivity index (χ2n) is 9.59. The van der Waals surface area contributed by atoms with Crippen molar-refractivity contribution in [1.82, 2.24) is 5.32 Å². The van der Waals surface area contributed by atoms with Crippen LogP contribution in [-0.2, 0) is 4.79 Å². The number of nitrogens with two attached hydrogens (primary N) is 1. The molecular formula is C27H56N2O. The molecule has 0 aliphatic carbocycles. The van der Waals surface area contributed by atoms with Gasteiger partial charge in [0.25, 0.3) is 0 Å². The van der Waals surface area contributed by atoms with Crippen molar-refractivity contribution in [3.05, 3.63) is 0 Å². The number of carbonyl (C=O) groups is 1. The standard InChI is InChI=1S/C27H56N2O/c1-5-9-11-12-13-14-15-16-17-18-19-20-21-23-26(30)29-25(22-10-6-2)27(28,8-4)24-7-3/h25H,5-24,28H2,1-4H3,(H,29,30). The van der Waals surface area contributed by atoms with E-state index < -0.39 is 0 Å². The fraction of sp³-hybridized carbons (Fsp3) is 0.963. The Hall–Kier alpha value is -0.570. The Morgan fingerprint density at radius 3 is 1.60 bits per heavy atom. The van der Waals surface area contributed by atoms with E-state index in [-0.39, 0.29) is 17.5 Å². The summed E-state index contributed by atoms with van der Waals surface area (Å²) in [7, 11) is 0. The van der Waals surface area contributed by atoms with Crippen LogP contribution < -0.4 is 11.1 Å². The van der Waals surface area contributed by atoms with Crippen LogP contribution in [0.25, 0.3) is 0 Å².